The maximum absolute atomic E-state index is 3.53. The minimum atomic E-state index is 0.889. The highest BCUT2D eigenvalue weighted by molar-refractivity contribution is 9.07. The zero-order valence-electron chi connectivity index (χ0n) is 4.81. The van der Waals surface area contributed by atoms with Gasteiger partial charge in [0.05, 0.1) is 0 Å². The number of rotatable bonds is 0. The predicted octanol–water partition coefficient (Wildman–Crippen LogP) is 1.78. The number of nitrogens with zero attached hydrogens (tertiary/aromatic N) is 1. The Morgan fingerprint density at radius 2 is 2.25 bits per heavy atom. The van der Waals surface area contributed by atoms with Gasteiger partial charge in [-0.25, -0.2) is 3.93 Å². The van der Waals surface area contributed by atoms with E-state index in [-0.39, 0.29) is 0 Å². The molecule has 8 heavy (non-hydrogen) atoms. The molecule has 1 aliphatic heterocycles. The van der Waals surface area contributed by atoms with Crippen LogP contribution in [-0.2, 0) is 0 Å². The molecule has 2 bridgehead atoms. The van der Waals surface area contributed by atoms with Gasteiger partial charge in [-0.05, 0) is 25.2 Å². The lowest BCUT2D eigenvalue weighted by Gasteiger charge is -2.18. The van der Waals surface area contributed by atoms with Crippen LogP contribution in [0.5, 0.6) is 0 Å². The molecule has 0 N–H and O–H groups in total. The van der Waals surface area contributed by atoms with Crippen molar-refractivity contribution in [3.8, 4) is 0 Å². The Morgan fingerprint density at radius 1 is 1.38 bits per heavy atom. The van der Waals surface area contributed by atoms with E-state index in [4.69, 9.17) is 0 Å². The van der Waals surface area contributed by atoms with E-state index < -0.39 is 0 Å². The SMILES string of the molecule is BrN1CC2CCC1C2. The zero-order valence-corrected chi connectivity index (χ0v) is 6.39. The molecule has 1 nitrogen and oxygen atoms in total. The number of hydrogen-bond acceptors (Lipinski definition) is 1. The van der Waals surface area contributed by atoms with E-state index in [2.05, 4.69) is 20.1 Å². The molecule has 2 fully saturated rings. The second-order valence-electron chi connectivity index (χ2n) is 2.92. The van der Waals surface area contributed by atoms with Gasteiger partial charge in [-0.15, -0.1) is 0 Å². The van der Waals surface area contributed by atoms with Crippen LogP contribution in [0.25, 0.3) is 0 Å². The van der Waals surface area contributed by atoms with Gasteiger partial charge < -0.3 is 0 Å². The molecule has 2 unspecified atom stereocenters. The first-order valence-corrected chi connectivity index (χ1v) is 3.99. The molecule has 0 radical (unpaired) electrons. The van der Waals surface area contributed by atoms with Crippen molar-refractivity contribution >= 4 is 16.1 Å². The Morgan fingerprint density at radius 3 is 2.50 bits per heavy atom. The van der Waals surface area contributed by atoms with Crippen LogP contribution in [0.4, 0.5) is 0 Å². The summed E-state index contributed by atoms with van der Waals surface area (Å²) in [6.45, 7) is 1.30. The van der Waals surface area contributed by atoms with Gasteiger partial charge in [-0.3, -0.25) is 0 Å². The summed E-state index contributed by atoms with van der Waals surface area (Å²) >= 11 is 3.53. The molecule has 1 aliphatic carbocycles. The first-order chi connectivity index (χ1) is 3.86. The zero-order chi connectivity index (χ0) is 5.56. The normalized spacial score (nSPS) is 46.1. The Kier molecular flexibility index (Phi) is 1.12. The highest BCUT2D eigenvalue weighted by Crippen LogP contribution is 2.38. The molecule has 0 spiro atoms. The van der Waals surface area contributed by atoms with Crippen LogP contribution in [0.2, 0.25) is 0 Å². The summed E-state index contributed by atoms with van der Waals surface area (Å²) in [4.78, 5) is 0. The number of hydrogen-bond donors (Lipinski definition) is 0. The van der Waals surface area contributed by atoms with Gasteiger partial charge in [0.1, 0.15) is 0 Å². The predicted molar refractivity (Wildman–Crippen MR) is 36.8 cm³/mol. The maximum atomic E-state index is 3.53. The summed E-state index contributed by atoms with van der Waals surface area (Å²) in [5.41, 5.74) is 0. The highest BCUT2D eigenvalue weighted by atomic mass is 79.9. The fourth-order valence-electron chi connectivity index (χ4n) is 1.86. The van der Waals surface area contributed by atoms with E-state index in [0.29, 0.717) is 0 Å². The van der Waals surface area contributed by atoms with Crippen LogP contribution in [-0.4, -0.2) is 16.5 Å². The summed E-state index contributed by atoms with van der Waals surface area (Å²) in [7, 11) is 0. The molecule has 0 amide bonds. The van der Waals surface area contributed by atoms with Crippen LogP contribution in [0.15, 0.2) is 0 Å². The molecule has 1 heterocycles. The molecular formula is C6H10BrN. The van der Waals surface area contributed by atoms with Crippen LogP contribution >= 0.6 is 16.1 Å². The average Bonchev–Trinajstić information content (AvgIpc) is 2.23. The van der Waals surface area contributed by atoms with Crippen molar-refractivity contribution < 1.29 is 0 Å². The minimum Gasteiger partial charge on any atom is -0.239 e. The van der Waals surface area contributed by atoms with Crippen molar-refractivity contribution in [3.63, 3.8) is 0 Å². The van der Waals surface area contributed by atoms with Crippen LogP contribution in [0, 0.1) is 5.92 Å². The Hall–Kier alpha value is 0.440. The molecule has 46 valence electrons. The molecule has 0 aromatic carbocycles. The Labute approximate surface area is 58.4 Å². The summed E-state index contributed by atoms with van der Waals surface area (Å²) in [6, 6.07) is 0.889. The lowest BCUT2D eigenvalue weighted by atomic mass is 10.1. The number of fused-ring (bicyclic) bond motifs is 2. The van der Waals surface area contributed by atoms with Gasteiger partial charge in [0.2, 0.25) is 0 Å². The molecule has 2 rings (SSSR count). The van der Waals surface area contributed by atoms with Gasteiger partial charge in [-0.1, -0.05) is 0 Å². The van der Waals surface area contributed by atoms with E-state index in [1.54, 1.807) is 0 Å². The topological polar surface area (TPSA) is 3.24 Å². The fourth-order valence-corrected chi connectivity index (χ4v) is 2.65. The third-order valence-corrected chi connectivity index (χ3v) is 3.21. The van der Waals surface area contributed by atoms with Crippen molar-refractivity contribution in [2.75, 3.05) is 6.54 Å². The van der Waals surface area contributed by atoms with Crippen molar-refractivity contribution in [1.29, 1.82) is 0 Å². The third-order valence-electron chi connectivity index (χ3n) is 2.34. The van der Waals surface area contributed by atoms with Crippen molar-refractivity contribution in [2.24, 2.45) is 5.92 Å². The molecule has 2 atom stereocenters. The van der Waals surface area contributed by atoms with E-state index >= 15 is 0 Å². The molecule has 0 aromatic rings. The Bertz CT molecular complexity index is 103. The molecule has 1 saturated heterocycles. The van der Waals surface area contributed by atoms with Gasteiger partial charge in [0.15, 0.2) is 0 Å². The monoisotopic (exact) mass is 175 g/mol. The first-order valence-electron chi connectivity index (χ1n) is 3.28. The molecule has 2 aliphatic rings. The second-order valence-corrected chi connectivity index (χ2v) is 3.83. The lowest BCUT2D eigenvalue weighted by molar-refractivity contribution is 0.378. The van der Waals surface area contributed by atoms with Gasteiger partial charge >= 0.3 is 0 Å². The van der Waals surface area contributed by atoms with E-state index in [1.165, 1.54) is 25.8 Å². The van der Waals surface area contributed by atoms with Crippen molar-refractivity contribution in [1.82, 2.24) is 3.93 Å². The van der Waals surface area contributed by atoms with Crippen LogP contribution < -0.4 is 0 Å². The standard InChI is InChI=1S/C6H10BrN/c7-8-4-5-1-2-6(8)3-5/h5-6H,1-4H2. The summed E-state index contributed by atoms with van der Waals surface area (Å²) < 4.78 is 2.32. The van der Waals surface area contributed by atoms with Gasteiger partial charge in [0.25, 0.3) is 0 Å². The van der Waals surface area contributed by atoms with Crippen LogP contribution in [0.3, 0.4) is 0 Å². The summed E-state index contributed by atoms with van der Waals surface area (Å²) in [5, 5.41) is 0. The maximum Gasteiger partial charge on any atom is 0.0208 e. The molecule has 1 saturated carbocycles. The molecular weight excluding hydrogens is 166 g/mol. The molecule has 0 aromatic heterocycles. The van der Waals surface area contributed by atoms with Gasteiger partial charge in [-0.2, -0.15) is 0 Å². The minimum absolute atomic E-state index is 0.889. The largest absolute Gasteiger partial charge is 0.239 e. The summed E-state index contributed by atoms with van der Waals surface area (Å²) in [5.74, 6) is 1.03. The first kappa shape index (κ1) is 5.24. The summed E-state index contributed by atoms with van der Waals surface area (Å²) in [6.07, 6.45) is 4.36. The fraction of sp³-hybridized carbons (Fsp3) is 1.00. The van der Waals surface area contributed by atoms with Crippen molar-refractivity contribution in [2.45, 2.75) is 25.3 Å². The van der Waals surface area contributed by atoms with E-state index in [1.807, 2.05) is 0 Å². The number of halogens is 1. The van der Waals surface area contributed by atoms with E-state index in [0.717, 1.165) is 12.0 Å². The smallest absolute Gasteiger partial charge is 0.0208 e. The third kappa shape index (κ3) is 0.627. The molecule has 2 heteroatoms. The van der Waals surface area contributed by atoms with Crippen LogP contribution in [0.1, 0.15) is 19.3 Å². The van der Waals surface area contributed by atoms with E-state index in [9.17, 15) is 0 Å². The number of piperidine rings is 1. The lowest BCUT2D eigenvalue weighted by Crippen LogP contribution is -2.21. The quantitative estimate of drug-likeness (QED) is 0.508. The second kappa shape index (κ2) is 1.71. The Balaban J connectivity index is 2.11. The average molecular weight is 176 g/mol. The highest BCUT2D eigenvalue weighted by Gasteiger charge is 2.36. The van der Waals surface area contributed by atoms with Crippen molar-refractivity contribution in [3.05, 3.63) is 0 Å². The van der Waals surface area contributed by atoms with Gasteiger partial charge in [0, 0.05) is 28.7 Å².